The van der Waals surface area contributed by atoms with E-state index in [-0.39, 0.29) is 11.7 Å². The summed E-state index contributed by atoms with van der Waals surface area (Å²) in [6.07, 6.45) is 1.66. The number of hydrogen-bond donors (Lipinski definition) is 1. The Bertz CT molecular complexity index is 949. The van der Waals surface area contributed by atoms with Crippen molar-refractivity contribution in [2.75, 3.05) is 6.61 Å². The van der Waals surface area contributed by atoms with Gasteiger partial charge in [0.1, 0.15) is 5.82 Å². The van der Waals surface area contributed by atoms with Crippen molar-refractivity contribution >= 4 is 5.91 Å². The Hall–Kier alpha value is -3.15. The number of pyridine rings is 1. The van der Waals surface area contributed by atoms with Crippen molar-refractivity contribution in [1.29, 1.82) is 0 Å². The van der Waals surface area contributed by atoms with Gasteiger partial charge in [-0.3, -0.25) is 4.79 Å². The number of nitrogens with zero attached hydrogens (tertiary/aromatic N) is 2. The Morgan fingerprint density at radius 1 is 1.22 bits per heavy atom. The molecule has 1 aromatic carbocycles. The molecule has 3 rings (SSSR count). The van der Waals surface area contributed by atoms with Crippen LogP contribution in [0.5, 0.6) is 5.88 Å². The molecule has 1 amide bonds. The van der Waals surface area contributed by atoms with Gasteiger partial charge in [0, 0.05) is 35.4 Å². The third-order valence-corrected chi connectivity index (χ3v) is 4.33. The minimum absolute atomic E-state index is 0.178. The molecular formula is C21H22FN3O2. The second-order valence-electron chi connectivity index (χ2n) is 6.18. The molecule has 0 spiro atoms. The molecule has 0 atom stereocenters. The van der Waals surface area contributed by atoms with Crippen LogP contribution in [0.3, 0.4) is 0 Å². The minimum Gasteiger partial charge on any atom is -0.478 e. The van der Waals surface area contributed by atoms with E-state index >= 15 is 0 Å². The van der Waals surface area contributed by atoms with Crippen LogP contribution in [-0.2, 0) is 6.54 Å². The molecule has 0 aliphatic carbocycles. The van der Waals surface area contributed by atoms with Gasteiger partial charge in [-0.05, 0) is 57.2 Å². The summed E-state index contributed by atoms with van der Waals surface area (Å²) in [5, 5.41) is 2.92. The Balaban J connectivity index is 1.80. The van der Waals surface area contributed by atoms with E-state index in [2.05, 4.69) is 10.3 Å². The lowest BCUT2D eigenvalue weighted by atomic mass is 10.2. The number of hydrogen-bond acceptors (Lipinski definition) is 3. The lowest BCUT2D eigenvalue weighted by Crippen LogP contribution is -2.23. The number of carbonyl (C=O) groups is 1. The number of nitrogens with one attached hydrogen (secondary N) is 1. The van der Waals surface area contributed by atoms with Gasteiger partial charge in [0.05, 0.1) is 12.2 Å². The van der Waals surface area contributed by atoms with Crippen molar-refractivity contribution in [1.82, 2.24) is 14.9 Å². The van der Waals surface area contributed by atoms with Crippen molar-refractivity contribution in [3.63, 3.8) is 0 Å². The maximum Gasteiger partial charge on any atom is 0.253 e. The predicted octanol–water partition coefficient (Wildman–Crippen LogP) is 3.96. The zero-order valence-corrected chi connectivity index (χ0v) is 15.6. The fourth-order valence-electron chi connectivity index (χ4n) is 3.08. The maximum absolute atomic E-state index is 13.2. The quantitative estimate of drug-likeness (QED) is 0.718. The van der Waals surface area contributed by atoms with Crippen LogP contribution in [0.1, 0.15) is 34.2 Å². The summed E-state index contributed by atoms with van der Waals surface area (Å²) in [4.78, 5) is 16.9. The molecule has 2 heterocycles. The Morgan fingerprint density at radius 3 is 2.67 bits per heavy atom. The van der Waals surface area contributed by atoms with E-state index < -0.39 is 0 Å². The summed E-state index contributed by atoms with van der Waals surface area (Å²) in [6, 6.07) is 11.7. The van der Waals surface area contributed by atoms with Gasteiger partial charge < -0.3 is 14.6 Å². The molecule has 0 aliphatic heterocycles. The minimum atomic E-state index is -0.291. The number of rotatable bonds is 6. The van der Waals surface area contributed by atoms with Crippen LogP contribution in [0.2, 0.25) is 0 Å². The molecule has 3 aromatic rings. The first-order valence-corrected chi connectivity index (χ1v) is 8.81. The van der Waals surface area contributed by atoms with Crippen LogP contribution < -0.4 is 10.1 Å². The van der Waals surface area contributed by atoms with Gasteiger partial charge in [0.15, 0.2) is 0 Å². The smallest absolute Gasteiger partial charge is 0.253 e. The third kappa shape index (κ3) is 4.00. The molecule has 0 aliphatic rings. The van der Waals surface area contributed by atoms with E-state index in [1.807, 2.05) is 43.5 Å². The molecule has 1 N–H and O–H groups in total. The molecule has 5 nitrogen and oxygen atoms in total. The number of ether oxygens (including phenoxy) is 1. The van der Waals surface area contributed by atoms with Crippen molar-refractivity contribution in [3.05, 3.63) is 77.0 Å². The Kier molecular flexibility index (Phi) is 5.54. The van der Waals surface area contributed by atoms with Gasteiger partial charge in [-0.1, -0.05) is 6.07 Å². The fraction of sp³-hybridized carbons (Fsp3) is 0.238. The second kappa shape index (κ2) is 8.03. The summed E-state index contributed by atoms with van der Waals surface area (Å²) < 4.78 is 20.6. The summed E-state index contributed by atoms with van der Waals surface area (Å²) in [5.74, 6) is 0.0561. The summed E-state index contributed by atoms with van der Waals surface area (Å²) in [5.41, 5.74) is 3.92. The van der Waals surface area contributed by atoms with Crippen LogP contribution in [0.15, 0.2) is 48.7 Å². The van der Waals surface area contributed by atoms with Gasteiger partial charge in [-0.25, -0.2) is 9.37 Å². The largest absolute Gasteiger partial charge is 0.478 e. The second-order valence-corrected chi connectivity index (χ2v) is 6.18. The molecule has 0 saturated carbocycles. The Morgan fingerprint density at radius 2 is 1.96 bits per heavy atom. The topological polar surface area (TPSA) is 56.1 Å². The van der Waals surface area contributed by atoms with E-state index in [9.17, 15) is 9.18 Å². The van der Waals surface area contributed by atoms with Crippen LogP contribution >= 0.6 is 0 Å². The maximum atomic E-state index is 13.2. The van der Waals surface area contributed by atoms with Gasteiger partial charge in [-0.2, -0.15) is 0 Å². The zero-order chi connectivity index (χ0) is 19.4. The molecule has 27 heavy (non-hydrogen) atoms. The molecule has 0 bridgehead atoms. The molecule has 2 aromatic heterocycles. The highest BCUT2D eigenvalue weighted by Crippen LogP contribution is 2.21. The van der Waals surface area contributed by atoms with Crippen molar-refractivity contribution in [2.45, 2.75) is 27.3 Å². The third-order valence-electron chi connectivity index (χ3n) is 4.33. The van der Waals surface area contributed by atoms with Gasteiger partial charge in [0.25, 0.3) is 5.91 Å². The fourth-order valence-corrected chi connectivity index (χ4v) is 3.08. The SMILES string of the molecule is CCOc1ncccc1CNC(=O)c1cc(C)n(-c2ccc(F)cc2)c1C. The molecule has 0 radical (unpaired) electrons. The molecule has 0 unspecified atom stereocenters. The molecule has 6 heteroatoms. The van der Waals surface area contributed by atoms with Gasteiger partial charge >= 0.3 is 0 Å². The number of benzene rings is 1. The van der Waals surface area contributed by atoms with E-state index in [1.165, 1.54) is 12.1 Å². The number of aryl methyl sites for hydroxylation is 1. The predicted molar refractivity (Wildman–Crippen MR) is 102 cm³/mol. The molecule has 0 fully saturated rings. The standard InChI is InChI=1S/C21H22FN3O2/c1-4-27-21-16(6-5-11-23-21)13-24-20(26)19-12-14(2)25(15(19)3)18-9-7-17(22)8-10-18/h5-12H,4,13H2,1-3H3,(H,24,26). The normalized spacial score (nSPS) is 10.7. The van der Waals surface area contributed by atoms with Crippen molar-refractivity contribution < 1.29 is 13.9 Å². The number of halogens is 1. The molecule has 140 valence electrons. The van der Waals surface area contributed by atoms with Crippen LogP contribution in [-0.4, -0.2) is 22.1 Å². The van der Waals surface area contributed by atoms with E-state index in [0.717, 1.165) is 22.6 Å². The van der Waals surface area contributed by atoms with Crippen LogP contribution in [0.25, 0.3) is 5.69 Å². The number of carbonyl (C=O) groups excluding carboxylic acids is 1. The summed E-state index contributed by atoms with van der Waals surface area (Å²) in [7, 11) is 0. The summed E-state index contributed by atoms with van der Waals surface area (Å²) >= 11 is 0. The average molecular weight is 367 g/mol. The highest BCUT2D eigenvalue weighted by Gasteiger charge is 2.17. The number of amides is 1. The lowest BCUT2D eigenvalue weighted by molar-refractivity contribution is 0.0950. The molecular weight excluding hydrogens is 345 g/mol. The van der Waals surface area contributed by atoms with E-state index in [1.54, 1.807) is 18.3 Å². The summed E-state index contributed by atoms with van der Waals surface area (Å²) in [6.45, 7) is 6.52. The van der Waals surface area contributed by atoms with E-state index in [0.29, 0.717) is 24.6 Å². The monoisotopic (exact) mass is 367 g/mol. The van der Waals surface area contributed by atoms with Gasteiger partial charge in [0.2, 0.25) is 5.88 Å². The zero-order valence-electron chi connectivity index (χ0n) is 15.6. The van der Waals surface area contributed by atoms with Gasteiger partial charge in [-0.15, -0.1) is 0 Å². The molecule has 0 saturated heterocycles. The first-order valence-electron chi connectivity index (χ1n) is 8.81. The first kappa shape index (κ1) is 18.6. The Labute approximate surface area is 157 Å². The highest BCUT2D eigenvalue weighted by atomic mass is 19.1. The van der Waals surface area contributed by atoms with Crippen LogP contribution in [0.4, 0.5) is 4.39 Å². The highest BCUT2D eigenvalue weighted by molar-refractivity contribution is 5.95. The lowest BCUT2D eigenvalue weighted by Gasteiger charge is -2.11. The van der Waals surface area contributed by atoms with Crippen molar-refractivity contribution in [2.24, 2.45) is 0 Å². The number of aromatic nitrogens is 2. The average Bonchev–Trinajstić information content (AvgIpc) is 2.96. The van der Waals surface area contributed by atoms with Crippen LogP contribution in [0, 0.1) is 19.7 Å². The van der Waals surface area contributed by atoms with Crippen molar-refractivity contribution in [3.8, 4) is 11.6 Å². The van der Waals surface area contributed by atoms with E-state index in [4.69, 9.17) is 4.74 Å². The first-order chi connectivity index (χ1) is 13.0.